The molecule has 0 heterocycles. The standard InChI is InChI=1S/C13H26N2O2/c1-11(13(16)15-10-9-14-2)17-12-7-5-3-4-6-8-12/h11-12,14H,3-10H2,1-2H3,(H,15,16). The zero-order valence-corrected chi connectivity index (χ0v) is 11.1. The summed E-state index contributed by atoms with van der Waals surface area (Å²) in [5.41, 5.74) is 0. The summed E-state index contributed by atoms with van der Waals surface area (Å²) in [7, 11) is 1.87. The molecule has 0 aromatic rings. The highest BCUT2D eigenvalue weighted by Crippen LogP contribution is 2.20. The number of hydrogen-bond donors (Lipinski definition) is 2. The highest BCUT2D eigenvalue weighted by Gasteiger charge is 2.19. The Balaban J connectivity index is 2.21. The van der Waals surface area contributed by atoms with Gasteiger partial charge in [0.2, 0.25) is 5.91 Å². The van der Waals surface area contributed by atoms with Crippen LogP contribution in [0.1, 0.15) is 45.4 Å². The monoisotopic (exact) mass is 242 g/mol. The zero-order chi connectivity index (χ0) is 12.5. The van der Waals surface area contributed by atoms with E-state index in [0.29, 0.717) is 6.54 Å². The van der Waals surface area contributed by atoms with Gasteiger partial charge >= 0.3 is 0 Å². The molecule has 100 valence electrons. The lowest BCUT2D eigenvalue weighted by atomic mass is 10.1. The number of carbonyl (C=O) groups is 1. The van der Waals surface area contributed by atoms with E-state index >= 15 is 0 Å². The summed E-state index contributed by atoms with van der Waals surface area (Å²) in [5, 5.41) is 5.86. The molecular formula is C13H26N2O2. The molecule has 0 bridgehead atoms. The van der Waals surface area contributed by atoms with E-state index in [2.05, 4.69) is 10.6 Å². The molecule has 1 saturated carbocycles. The average Bonchev–Trinajstić information content (AvgIpc) is 2.57. The van der Waals surface area contributed by atoms with Crippen LogP contribution in [0.3, 0.4) is 0 Å². The summed E-state index contributed by atoms with van der Waals surface area (Å²) in [6, 6.07) is 0. The Morgan fingerprint density at radius 1 is 1.24 bits per heavy atom. The number of ether oxygens (including phenoxy) is 1. The third kappa shape index (κ3) is 6.03. The van der Waals surface area contributed by atoms with Crippen molar-refractivity contribution in [3.63, 3.8) is 0 Å². The predicted molar refractivity (Wildman–Crippen MR) is 69.0 cm³/mol. The third-order valence-corrected chi connectivity index (χ3v) is 3.24. The van der Waals surface area contributed by atoms with Crippen molar-refractivity contribution in [2.75, 3.05) is 20.1 Å². The fourth-order valence-electron chi connectivity index (χ4n) is 2.18. The zero-order valence-electron chi connectivity index (χ0n) is 11.1. The van der Waals surface area contributed by atoms with Crippen molar-refractivity contribution >= 4 is 5.91 Å². The number of likely N-dealkylation sites (N-methyl/N-ethyl adjacent to an activating group) is 1. The Labute approximate surface area is 104 Å². The van der Waals surface area contributed by atoms with E-state index in [0.717, 1.165) is 19.4 Å². The Morgan fingerprint density at radius 2 is 1.88 bits per heavy atom. The van der Waals surface area contributed by atoms with Crippen molar-refractivity contribution in [2.24, 2.45) is 0 Å². The quantitative estimate of drug-likeness (QED) is 0.547. The first-order valence-electron chi connectivity index (χ1n) is 6.82. The third-order valence-electron chi connectivity index (χ3n) is 3.24. The molecule has 1 unspecified atom stereocenters. The lowest BCUT2D eigenvalue weighted by molar-refractivity contribution is -0.135. The second-order valence-electron chi connectivity index (χ2n) is 4.79. The Bertz CT molecular complexity index is 213. The first-order valence-corrected chi connectivity index (χ1v) is 6.82. The maximum atomic E-state index is 11.7. The van der Waals surface area contributed by atoms with Gasteiger partial charge in [-0.1, -0.05) is 25.7 Å². The van der Waals surface area contributed by atoms with Gasteiger partial charge in [-0.25, -0.2) is 0 Å². The van der Waals surface area contributed by atoms with E-state index in [1.165, 1.54) is 25.7 Å². The highest BCUT2D eigenvalue weighted by atomic mass is 16.5. The minimum absolute atomic E-state index is 0.00416. The molecule has 0 aromatic carbocycles. The van der Waals surface area contributed by atoms with Crippen molar-refractivity contribution in [1.29, 1.82) is 0 Å². The van der Waals surface area contributed by atoms with Crippen molar-refractivity contribution in [1.82, 2.24) is 10.6 Å². The minimum atomic E-state index is -0.324. The van der Waals surface area contributed by atoms with Gasteiger partial charge < -0.3 is 15.4 Å². The van der Waals surface area contributed by atoms with Crippen LogP contribution in [-0.4, -0.2) is 38.3 Å². The van der Waals surface area contributed by atoms with Crippen molar-refractivity contribution in [2.45, 2.75) is 57.7 Å². The van der Waals surface area contributed by atoms with Crippen LogP contribution in [0.15, 0.2) is 0 Å². The molecule has 0 spiro atoms. The molecule has 1 aliphatic carbocycles. The van der Waals surface area contributed by atoms with Crippen LogP contribution in [0, 0.1) is 0 Å². The maximum absolute atomic E-state index is 11.7. The summed E-state index contributed by atoms with van der Waals surface area (Å²) >= 11 is 0. The average molecular weight is 242 g/mol. The lowest BCUT2D eigenvalue weighted by Gasteiger charge is -2.20. The van der Waals surface area contributed by atoms with Crippen LogP contribution >= 0.6 is 0 Å². The fraction of sp³-hybridized carbons (Fsp3) is 0.923. The first-order chi connectivity index (χ1) is 8.24. The fourth-order valence-corrected chi connectivity index (χ4v) is 2.18. The molecule has 4 heteroatoms. The van der Waals surface area contributed by atoms with Crippen molar-refractivity contribution in [3.8, 4) is 0 Å². The minimum Gasteiger partial charge on any atom is -0.365 e. The SMILES string of the molecule is CNCCNC(=O)C(C)OC1CCCCCC1. The van der Waals surface area contributed by atoms with Gasteiger partial charge in [0.05, 0.1) is 6.10 Å². The van der Waals surface area contributed by atoms with Gasteiger partial charge in [-0.2, -0.15) is 0 Å². The van der Waals surface area contributed by atoms with E-state index in [9.17, 15) is 4.79 Å². The lowest BCUT2D eigenvalue weighted by Crippen LogP contribution is -2.39. The Morgan fingerprint density at radius 3 is 2.47 bits per heavy atom. The van der Waals surface area contributed by atoms with Crippen molar-refractivity contribution < 1.29 is 9.53 Å². The molecule has 0 saturated heterocycles. The molecule has 1 atom stereocenters. The second-order valence-corrected chi connectivity index (χ2v) is 4.79. The van der Waals surface area contributed by atoms with Gasteiger partial charge in [0, 0.05) is 13.1 Å². The van der Waals surface area contributed by atoms with Crippen molar-refractivity contribution in [3.05, 3.63) is 0 Å². The molecule has 1 fully saturated rings. The molecule has 0 aromatic heterocycles. The van der Waals surface area contributed by atoms with Crippen LogP contribution in [0.25, 0.3) is 0 Å². The number of carbonyl (C=O) groups excluding carboxylic acids is 1. The van der Waals surface area contributed by atoms with Crippen LogP contribution in [0.2, 0.25) is 0 Å². The molecule has 1 aliphatic rings. The normalized spacial score (nSPS) is 19.6. The number of amides is 1. The van der Waals surface area contributed by atoms with Gasteiger partial charge in [-0.3, -0.25) is 4.79 Å². The van der Waals surface area contributed by atoms with Gasteiger partial charge in [0.25, 0.3) is 0 Å². The molecule has 0 radical (unpaired) electrons. The van der Waals surface area contributed by atoms with Crippen LogP contribution < -0.4 is 10.6 Å². The maximum Gasteiger partial charge on any atom is 0.248 e. The van der Waals surface area contributed by atoms with E-state index in [-0.39, 0.29) is 18.1 Å². The highest BCUT2D eigenvalue weighted by molar-refractivity contribution is 5.80. The second kappa shape index (κ2) is 8.48. The summed E-state index contributed by atoms with van der Waals surface area (Å²) in [5.74, 6) is 0.00416. The van der Waals surface area contributed by atoms with E-state index in [1.54, 1.807) is 0 Å². The smallest absolute Gasteiger partial charge is 0.248 e. The van der Waals surface area contributed by atoms with Crippen LogP contribution in [-0.2, 0) is 9.53 Å². The molecule has 1 amide bonds. The molecule has 0 aliphatic heterocycles. The van der Waals surface area contributed by atoms with Gasteiger partial charge in [-0.15, -0.1) is 0 Å². The summed E-state index contributed by atoms with van der Waals surface area (Å²) in [4.78, 5) is 11.7. The summed E-state index contributed by atoms with van der Waals surface area (Å²) in [6.07, 6.45) is 7.25. The molecular weight excluding hydrogens is 216 g/mol. The molecule has 4 nitrogen and oxygen atoms in total. The van der Waals surface area contributed by atoms with E-state index < -0.39 is 0 Å². The first kappa shape index (κ1) is 14.5. The Kier molecular flexibility index (Phi) is 7.21. The van der Waals surface area contributed by atoms with Gasteiger partial charge in [0.1, 0.15) is 6.10 Å². The molecule has 1 rings (SSSR count). The van der Waals surface area contributed by atoms with Crippen LogP contribution in [0.5, 0.6) is 0 Å². The van der Waals surface area contributed by atoms with E-state index in [4.69, 9.17) is 4.74 Å². The van der Waals surface area contributed by atoms with Gasteiger partial charge in [-0.05, 0) is 26.8 Å². The molecule has 2 N–H and O–H groups in total. The number of nitrogens with one attached hydrogen (secondary N) is 2. The summed E-state index contributed by atoms with van der Waals surface area (Å²) in [6.45, 7) is 3.30. The molecule has 17 heavy (non-hydrogen) atoms. The predicted octanol–water partition coefficient (Wildman–Crippen LogP) is 1.45. The topological polar surface area (TPSA) is 50.4 Å². The summed E-state index contributed by atoms with van der Waals surface area (Å²) < 4.78 is 5.83. The van der Waals surface area contributed by atoms with E-state index in [1.807, 2.05) is 14.0 Å². The van der Waals surface area contributed by atoms with Crippen LogP contribution in [0.4, 0.5) is 0 Å². The number of rotatable bonds is 6. The van der Waals surface area contributed by atoms with Gasteiger partial charge in [0.15, 0.2) is 0 Å². The number of hydrogen-bond acceptors (Lipinski definition) is 3. The largest absolute Gasteiger partial charge is 0.365 e. The Hall–Kier alpha value is -0.610.